The third-order valence-corrected chi connectivity index (χ3v) is 4.62. The summed E-state index contributed by atoms with van der Waals surface area (Å²) in [6.45, 7) is 1.32. The Morgan fingerprint density at radius 2 is 1.80 bits per heavy atom. The summed E-state index contributed by atoms with van der Waals surface area (Å²) >= 11 is 17.9. The fourth-order valence-corrected chi connectivity index (χ4v) is 2.75. The van der Waals surface area contributed by atoms with Crippen molar-refractivity contribution in [3.63, 3.8) is 0 Å². The molecule has 3 N–H and O–H groups in total. The molecule has 20 heavy (non-hydrogen) atoms. The Morgan fingerprint density at radius 3 is 2.40 bits per heavy atom. The SMILES string of the molecule is NCC1(C(=O)Nc2cc(Cl)c(Cl)cc2Cl)CCOCC1. The van der Waals surface area contributed by atoms with Crippen LogP contribution in [-0.4, -0.2) is 25.7 Å². The topological polar surface area (TPSA) is 64.4 Å². The maximum Gasteiger partial charge on any atom is 0.232 e. The number of carbonyl (C=O) groups excluding carboxylic acids is 1. The van der Waals surface area contributed by atoms with Crippen molar-refractivity contribution in [1.82, 2.24) is 0 Å². The van der Waals surface area contributed by atoms with E-state index in [4.69, 9.17) is 45.3 Å². The average molecular weight is 338 g/mol. The molecule has 1 aliphatic heterocycles. The lowest BCUT2D eigenvalue weighted by Gasteiger charge is -2.34. The summed E-state index contributed by atoms with van der Waals surface area (Å²) in [6.07, 6.45) is 1.18. The van der Waals surface area contributed by atoms with Crippen LogP contribution >= 0.6 is 34.8 Å². The first kappa shape index (κ1) is 15.9. The molecule has 1 heterocycles. The van der Waals surface area contributed by atoms with E-state index < -0.39 is 5.41 Å². The number of carbonyl (C=O) groups is 1. The van der Waals surface area contributed by atoms with Gasteiger partial charge in [0.05, 0.1) is 26.2 Å². The van der Waals surface area contributed by atoms with Gasteiger partial charge in [-0.2, -0.15) is 0 Å². The number of amides is 1. The number of benzene rings is 1. The highest BCUT2D eigenvalue weighted by atomic mass is 35.5. The first-order valence-corrected chi connectivity index (χ1v) is 7.36. The van der Waals surface area contributed by atoms with E-state index in [-0.39, 0.29) is 12.5 Å². The molecule has 0 aromatic heterocycles. The van der Waals surface area contributed by atoms with E-state index in [1.165, 1.54) is 12.1 Å². The quantitative estimate of drug-likeness (QED) is 0.831. The normalized spacial score (nSPS) is 17.8. The standard InChI is InChI=1S/C13H15Cl3N2O2/c14-8-5-10(16)11(6-9(8)15)18-12(19)13(7-17)1-3-20-4-2-13/h5-6H,1-4,7,17H2,(H,18,19). The molecule has 0 unspecified atom stereocenters. The van der Waals surface area contributed by atoms with Crippen LogP contribution in [0.1, 0.15) is 12.8 Å². The molecular formula is C13H15Cl3N2O2. The van der Waals surface area contributed by atoms with Crippen LogP contribution in [0.2, 0.25) is 15.1 Å². The van der Waals surface area contributed by atoms with Gasteiger partial charge in [0, 0.05) is 19.8 Å². The summed E-state index contributed by atoms with van der Waals surface area (Å²) in [6, 6.07) is 3.04. The molecule has 1 aromatic rings. The monoisotopic (exact) mass is 336 g/mol. The van der Waals surface area contributed by atoms with E-state index in [0.717, 1.165) is 0 Å². The van der Waals surface area contributed by atoms with Gasteiger partial charge in [-0.1, -0.05) is 34.8 Å². The van der Waals surface area contributed by atoms with Crippen molar-refractivity contribution in [2.24, 2.45) is 11.1 Å². The molecule has 0 saturated carbocycles. The molecule has 2 rings (SSSR count). The Hall–Kier alpha value is -0.520. The van der Waals surface area contributed by atoms with Gasteiger partial charge in [0.2, 0.25) is 5.91 Å². The van der Waals surface area contributed by atoms with E-state index >= 15 is 0 Å². The number of nitrogens with one attached hydrogen (secondary N) is 1. The lowest BCUT2D eigenvalue weighted by Crippen LogP contribution is -2.46. The number of nitrogens with two attached hydrogens (primary N) is 1. The van der Waals surface area contributed by atoms with Crippen molar-refractivity contribution in [3.8, 4) is 0 Å². The van der Waals surface area contributed by atoms with Gasteiger partial charge in [0.25, 0.3) is 0 Å². The van der Waals surface area contributed by atoms with E-state index in [1.807, 2.05) is 0 Å². The first-order chi connectivity index (χ1) is 9.48. The maximum absolute atomic E-state index is 12.5. The van der Waals surface area contributed by atoms with Crippen LogP contribution in [0.3, 0.4) is 0 Å². The lowest BCUT2D eigenvalue weighted by atomic mass is 9.79. The van der Waals surface area contributed by atoms with Crippen LogP contribution in [0.5, 0.6) is 0 Å². The molecule has 0 radical (unpaired) electrons. The number of anilines is 1. The molecule has 0 spiro atoms. The maximum atomic E-state index is 12.5. The summed E-state index contributed by atoms with van der Waals surface area (Å²) in [7, 11) is 0. The van der Waals surface area contributed by atoms with Gasteiger partial charge in [0.1, 0.15) is 0 Å². The van der Waals surface area contributed by atoms with Crippen LogP contribution < -0.4 is 11.1 Å². The predicted octanol–water partition coefficient (Wildman–Crippen LogP) is 3.34. The van der Waals surface area contributed by atoms with E-state index in [0.29, 0.717) is 46.8 Å². The van der Waals surface area contributed by atoms with Gasteiger partial charge in [-0.3, -0.25) is 4.79 Å². The third-order valence-electron chi connectivity index (χ3n) is 3.58. The van der Waals surface area contributed by atoms with Gasteiger partial charge in [-0.25, -0.2) is 0 Å². The number of hydrogen-bond donors (Lipinski definition) is 2. The van der Waals surface area contributed by atoms with Crippen LogP contribution in [0.25, 0.3) is 0 Å². The molecule has 1 aromatic carbocycles. The second-order valence-corrected chi connectivity index (χ2v) is 6.02. The van der Waals surface area contributed by atoms with Gasteiger partial charge in [-0.05, 0) is 25.0 Å². The summed E-state index contributed by atoms with van der Waals surface area (Å²) in [5, 5.41) is 3.81. The molecule has 1 saturated heterocycles. The molecule has 4 nitrogen and oxygen atoms in total. The summed E-state index contributed by atoms with van der Waals surface area (Å²) < 4.78 is 5.29. The molecule has 110 valence electrons. The highest BCUT2D eigenvalue weighted by molar-refractivity contribution is 6.44. The van der Waals surface area contributed by atoms with E-state index in [2.05, 4.69) is 5.32 Å². The molecule has 0 aliphatic carbocycles. The number of halogens is 3. The predicted molar refractivity (Wildman–Crippen MR) is 81.6 cm³/mol. The Morgan fingerprint density at radius 1 is 1.20 bits per heavy atom. The highest BCUT2D eigenvalue weighted by Crippen LogP contribution is 2.35. The third kappa shape index (κ3) is 3.21. The summed E-state index contributed by atoms with van der Waals surface area (Å²) in [5.41, 5.74) is 5.61. The van der Waals surface area contributed by atoms with Crippen molar-refractivity contribution < 1.29 is 9.53 Å². The van der Waals surface area contributed by atoms with Gasteiger partial charge in [-0.15, -0.1) is 0 Å². The van der Waals surface area contributed by atoms with Crippen molar-refractivity contribution in [1.29, 1.82) is 0 Å². The van der Waals surface area contributed by atoms with Crippen LogP contribution in [0.4, 0.5) is 5.69 Å². The zero-order chi connectivity index (χ0) is 14.8. The minimum atomic E-state index is -0.617. The molecule has 1 aliphatic rings. The Labute approximate surface area is 132 Å². The van der Waals surface area contributed by atoms with Crippen molar-refractivity contribution in [2.45, 2.75) is 12.8 Å². The Kier molecular flexibility index (Phi) is 5.15. The zero-order valence-electron chi connectivity index (χ0n) is 10.7. The van der Waals surface area contributed by atoms with Gasteiger partial charge >= 0.3 is 0 Å². The minimum absolute atomic E-state index is 0.163. The average Bonchev–Trinajstić information content (AvgIpc) is 2.45. The Bertz CT molecular complexity index is 517. The lowest BCUT2D eigenvalue weighted by molar-refractivity contribution is -0.130. The molecule has 7 heteroatoms. The second-order valence-electron chi connectivity index (χ2n) is 4.80. The number of hydrogen-bond acceptors (Lipinski definition) is 3. The van der Waals surface area contributed by atoms with Crippen molar-refractivity contribution in [3.05, 3.63) is 27.2 Å². The molecular weight excluding hydrogens is 323 g/mol. The molecule has 1 fully saturated rings. The van der Waals surface area contributed by atoms with Crippen molar-refractivity contribution >= 4 is 46.4 Å². The van der Waals surface area contributed by atoms with Crippen LogP contribution in [-0.2, 0) is 9.53 Å². The number of rotatable bonds is 3. The van der Waals surface area contributed by atoms with Crippen molar-refractivity contribution in [2.75, 3.05) is 25.1 Å². The number of ether oxygens (including phenoxy) is 1. The van der Waals surface area contributed by atoms with E-state index in [1.54, 1.807) is 0 Å². The molecule has 0 atom stereocenters. The fourth-order valence-electron chi connectivity index (χ4n) is 2.16. The second kappa shape index (κ2) is 6.50. The van der Waals surface area contributed by atoms with Gasteiger partial charge in [0.15, 0.2) is 0 Å². The highest BCUT2D eigenvalue weighted by Gasteiger charge is 2.39. The summed E-state index contributed by atoms with van der Waals surface area (Å²) in [5.74, 6) is -0.163. The van der Waals surface area contributed by atoms with E-state index in [9.17, 15) is 4.79 Å². The van der Waals surface area contributed by atoms with Crippen LogP contribution in [0.15, 0.2) is 12.1 Å². The largest absolute Gasteiger partial charge is 0.381 e. The zero-order valence-corrected chi connectivity index (χ0v) is 13.0. The Balaban J connectivity index is 2.20. The van der Waals surface area contributed by atoms with Crippen LogP contribution in [0, 0.1) is 5.41 Å². The fraction of sp³-hybridized carbons (Fsp3) is 0.462. The minimum Gasteiger partial charge on any atom is -0.381 e. The molecule has 1 amide bonds. The molecule has 0 bridgehead atoms. The smallest absolute Gasteiger partial charge is 0.232 e. The van der Waals surface area contributed by atoms with Gasteiger partial charge < -0.3 is 15.8 Å². The summed E-state index contributed by atoms with van der Waals surface area (Å²) in [4.78, 5) is 12.5. The first-order valence-electron chi connectivity index (χ1n) is 6.22.